The van der Waals surface area contributed by atoms with Gasteiger partial charge in [0.25, 0.3) is 0 Å². The zero-order valence-corrected chi connectivity index (χ0v) is 16.7. The largest absolute Gasteiger partial charge is 0.573 e. The van der Waals surface area contributed by atoms with Crippen LogP contribution in [0.15, 0.2) is 67.1 Å². The molecular formula is C22H16F3N3O4. The number of carbonyl (C=O) groups excluding carboxylic acids is 1. The number of ether oxygens (including phenoxy) is 3. The summed E-state index contributed by atoms with van der Waals surface area (Å²) in [5.41, 5.74) is 2.91. The van der Waals surface area contributed by atoms with Gasteiger partial charge in [0.2, 0.25) is 0 Å². The van der Waals surface area contributed by atoms with Gasteiger partial charge in [-0.1, -0.05) is 12.1 Å². The number of hydrogen-bond acceptors (Lipinski definition) is 6. The van der Waals surface area contributed by atoms with Gasteiger partial charge in [0, 0.05) is 11.9 Å². The molecule has 0 atom stereocenters. The lowest BCUT2D eigenvalue weighted by atomic mass is 10.2. The number of halogens is 3. The van der Waals surface area contributed by atoms with Gasteiger partial charge in [-0.15, -0.1) is 13.2 Å². The highest BCUT2D eigenvalue weighted by Gasteiger charge is 2.30. The number of aromatic nitrogens is 3. The van der Waals surface area contributed by atoms with E-state index in [1.54, 1.807) is 29.1 Å². The molecule has 2 aromatic carbocycles. The zero-order chi connectivity index (χ0) is 22.7. The number of carbonyl (C=O) groups is 1. The molecule has 164 valence electrons. The van der Waals surface area contributed by atoms with Crippen LogP contribution >= 0.6 is 0 Å². The third-order valence-electron chi connectivity index (χ3n) is 4.49. The number of nitrogens with zero attached hydrogens (tertiary/aromatic N) is 3. The summed E-state index contributed by atoms with van der Waals surface area (Å²) >= 11 is 0. The van der Waals surface area contributed by atoms with E-state index in [0.29, 0.717) is 28.0 Å². The van der Waals surface area contributed by atoms with E-state index in [1.165, 1.54) is 37.6 Å². The van der Waals surface area contributed by atoms with E-state index < -0.39 is 12.3 Å². The molecule has 0 N–H and O–H groups in total. The van der Waals surface area contributed by atoms with Crippen molar-refractivity contribution in [3.8, 4) is 17.2 Å². The molecule has 10 heteroatoms. The summed E-state index contributed by atoms with van der Waals surface area (Å²) < 4.78 is 52.7. The molecule has 0 aliphatic rings. The van der Waals surface area contributed by atoms with Crippen LogP contribution in [0.4, 0.5) is 13.2 Å². The minimum absolute atomic E-state index is 0.178. The van der Waals surface area contributed by atoms with Crippen LogP contribution in [0.25, 0.3) is 16.9 Å². The highest BCUT2D eigenvalue weighted by Crippen LogP contribution is 2.24. The van der Waals surface area contributed by atoms with Crippen LogP contribution in [-0.2, 0) is 11.3 Å². The summed E-state index contributed by atoms with van der Waals surface area (Å²) in [6, 6.07) is 14.2. The SMILES string of the molecule is COC(=O)c1cnc2c(c1)ncn2-c1ccc(OCc2ccc(OC(F)(F)F)cc2)cc1. The number of benzene rings is 2. The van der Waals surface area contributed by atoms with Gasteiger partial charge < -0.3 is 14.2 Å². The van der Waals surface area contributed by atoms with Gasteiger partial charge in [-0.25, -0.2) is 14.8 Å². The van der Waals surface area contributed by atoms with Crippen LogP contribution in [-0.4, -0.2) is 34.0 Å². The number of fused-ring (bicyclic) bond motifs is 1. The summed E-state index contributed by atoms with van der Waals surface area (Å²) in [5.74, 6) is -0.196. The van der Waals surface area contributed by atoms with Gasteiger partial charge in [0.05, 0.1) is 12.7 Å². The lowest BCUT2D eigenvalue weighted by Gasteiger charge is -2.10. The third kappa shape index (κ3) is 4.80. The average molecular weight is 443 g/mol. The number of rotatable bonds is 6. The van der Waals surface area contributed by atoms with E-state index in [-0.39, 0.29) is 12.4 Å². The van der Waals surface area contributed by atoms with Crippen LogP contribution in [0.5, 0.6) is 11.5 Å². The summed E-state index contributed by atoms with van der Waals surface area (Å²) in [7, 11) is 1.30. The van der Waals surface area contributed by atoms with Crippen molar-refractivity contribution in [2.24, 2.45) is 0 Å². The van der Waals surface area contributed by atoms with Crippen molar-refractivity contribution in [3.05, 3.63) is 78.2 Å². The second-order valence-corrected chi connectivity index (χ2v) is 6.65. The summed E-state index contributed by atoms with van der Waals surface area (Å²) in [5, 5.41) is 0. The van der Waals surface area contributed by atoms with Crippen LogP contribution < -0.4 is 9.47 Å². The minimum Gasteiger partial charge on any atom is -0.489 e. The van der Waals surface area contributed by atoms with E-state index in [0.717, 1.165) is 5.69 Å². The van der Waals surface area contributed by atoms with Crippen molar-refractivity contribution in [3.63, 3.8) is 0 Å². The highest BCUT2D eigenvalue weighted by molar-refractivity contribution is 5.92. The lowest BCUT2D eigenvalue weighted by Crippen LogP contribution is -2.17. The first-order valence-electron chi connectivity index (χ1n) is 9.32. The zero-order valence-electron chi connectivity index (χ0n) is 16.7. The predicted octanol–water partition coefficient (Wildman–Crippen LogP) is 4.68. The topological polar surface area (TPSA) is 75.5 Å². The second-order valence-electron chi connectivity index (χ2n) is 6.65. The Hall–Kier alpha value is -4.08. The Labute approximate surface area is 180 Å². The first kappa shape index (κ1) is 21.2. The molecule has 4 rings (SSSR count). The van der Waals surface area contributed by atoms with Crippen LogP contribution in [0.1, 0.15) is 15.9 Å². The lowest BCUT2D eigenvalue weighted by molar-refractivity contribution is -0.274. The molecule has 0 spiro atoms. The van der Waals surface area contributed by atoms with Crippen molar-refractivity contribution < 1.29 is 32.2 Å². The van der Waals surface area contributed by atoms with Gasteiger partial charge >= 0.3 is 12.3 Å². The van der Waals surface area contributed by atoms with Gasteiger partial charge in [-0.05, 0) is 48.0 Å². The molecule has 0 saturated carbocycles. The molecule has 32 heavy (non-hydrogen) atoms. The highest BCUT2D eigenvalue weighted by atomic mass is 19.4. The van der Waals surface area contributed by atoms with E-state index >= 15 is 0 Å². The third-order valence-corrected chi connectivity index (χ3v) is 4.49. The van der Waals surface area contributed by atoms with Crippen LogP contribution in [0.3, 0.4) is 0 Å². The minimum atomic E-state index is -4.72. The molecule has 0 radical (unpaired) electrons. The van der Waals surface area contributed by atoms with Crippen molar-refractivity contribution in [1.82, 2.24) is 14.5 Å². The number of alkyl halides is 3. The quantitative estimate of drug-likeness (QED) is 0.403. The second kappa shape index (κ2) is 8.58. The molecule has 0 bridgehead atoms. The Morgan fingerprint density at radius 3 is 2.34 bits per heavy atom. The van der Waals surface area contributed by atoms with Crippen LogP contribution in [0.2, 0.25) is 0 Å². The number of esters is 1. The first-order chi connectivity index (χ1) is 15.3. The standard InChI is InChI=1S/C22H16F3N3O4/c1-30-21(29)15-10-19-20(26-11-15)28(13-27-19)16-4-8-17(9-5-16)31-12-14-2-6-18(7-3-14)32-22(23,24)25/h2-11,13H,12H2,1H3. The fraction of sp³-hybridized carbons (Fsp3) is 0.136. The number of imidazole rings is 1. The molecule has 0 aliphatic carbocycles. The smallest absolute Gasteiger partial charge is 0.489 e. The summed E-state index contributed by atoms with van der Waals surface area (Å²) in [6.07, 6.45) is -1.70. The molecule has 2 heterocycles. The molecule has 0 saturated heterocycles. The number of methoxy groups -OCH3 is 1. The molecular weight excluding hydrogens is 427 g/mol. The maximum atomic E-state index is 12.2. The molecule has 0 unspecified atom stereocenters. The Balaban J connectivity index is 1.43. The van der Waals surface area contributed by atoms with E-state index in [9.17, 15) is 18.0 Å². The fourth-order valence-corrected chi connectivity index (χ4v) is 2.98. The van der Waals surface area contributed by atoms with Crippen molar-refractivity contribution >= 4 is 17.1 Å². The van der Waals surface area contributed by atoms with Crippen molar-refractivity contribution in [2.45, 2.75) is 13.0 Å². The Kier molecular flexibility index (Phi) is 5.67. The Morgan fingerprint density at radius 1 is 1.00 bits per heavy atom. The van der Waals surface area contributed by atoms with Crippen molar-refractivity contribution in [2.75, 3.05) is 7.11 Å². The maximum Gasteiger partial charge on any atom is 0.573 e. The van der Waals surface area contributed by atoms with E-state index in [1.807, 2.05) is 12.1 Å². The molecule has 7 nitrogen and oxygen atoms in total. The predicted molar refractivity (Wildman–Crippen MR) is 108 cm³/mol. The molecule has 0 amide bonds. The van der Waals surface area contributed by atoms with Gasteiger partial charge in [0.1, 0.15) is 29.9 Å². The Morgan fingerprint density at radius 2 is 1.69 bits per heavy atom. The normalized spacial score (nSPS) is 11.4. The summed E-state index contributed by atoms with van der Waals surface area (Å²) in [6.45, 7) is 0.178. The monoisotopic (exact) mass is 443 g/mol. The van der Waals surface area contributed by atoms with Gasteiger partial charge in [-0.2, -0.15) is 0 Å². The molecule has 0 fully saturated rings. The molecule has 2 aromatic heterocycles. The van der Waals surface area contributed by atoms with Gasteiger partial charge in [0.15, 0.2) is 5.65 Å². The summed E-state index contributed by atoms with van der Waals surface area (Å²) in [4.78, 5) is 20.2. The number of hydrogen-bond donors (Lipinski definition) is 0. The maximum absolute atomic E-state index is 12.2. The van der Waals surface area contributed by atoms with Gasteiger partial charge in [-0.3, -0.25) is 4.57 Å². The Bertz CT molecular complexity index is 1240. The molecule has 4 aromatic rings. The molecule has 0 aliphatic heterocycles. The fourth-order valence-electron chi connectivity index (χ4n) is 2.98. The number of pyridine rings is 1. The first-order valence-corrected chi connectivity index (χ1v) is 9.32. The van der Waals surface area contributed by atoms with E-state index in [4.69, 9.17) is 9.47 Å². The van der Waals surface area contributed by atoms with E-state index in [2.05, 4.69) is 14.7 Å². The average Bonchev–Trinajstić information content (AvgIpc) is 3.20. The van der Waals surface area contributed by atoms with Crippen molar-refractivity contribution in [1.29, 1.82) is 0 Å². The van der Waals surface area contributed by atoms with Crippen LogP contribution in [0, 0.1) is 0 Å².